The van der Waals surface area contributed by atoms with E-state index in [1.54, 1.807) is 0 Å². The van der Waals surface area contributed by atoms with Crippen molar-refractivity contribution in [1.82, 2.24) is 5.06 Å². The molecule has 4 nitrogen and oxygen atoms in total. The van der Waals surface area contributed by atoms with Crippen LogP contribution in [0.25, 0.3) is 0 Å². The highest BCUT2D eigenvalue weighted by molar-refractivity contribution is 5.79. The highest BCUT2D eigenvalue weighted by Crippen LogP contribution is 2.11. The Labute approximate surface area is 111 Å². The van der Waals surface area contributed by atoms with Gasteiger partial charge in [0.25, 0.3) is 0 Å². The molecule has 0 radical (unpaired) electrons. The largest absolute Gasteiger partial charge is 1.00 e. The third kappa shape index (κ3) is 3.80. The van der Waals surface area contributed by atoms with Crippen molar-refractivity contribution in [2.24, 2.45) is 0 Å². The van der Waals surface area contributed by atoms with Gasteiger partial charge in [0.15, 0.2) is 6.04 Å². The first kappa shape index (κ1) is 14.2. The van der Waals surface area contributed by atoms with Crippen LogP contribution in [0, 0.1) is 0 Å². The molecular formula is C12H17BrN2O2. The van der Waals surface area contributed by atoms with Crippen molar-refractivity contribution in [3.63, 3.8) is 0 Å². The molecular weight excluding hydrogens is 284 g/mol. The molecule has 94 valence electrons. The van der Waals surface area contributed by atoms with Crippen LogP contribution in [-0.4, -0.2) is 23.6 Å². The van der Waals surface area contributed by atoms with Gasteiger partial charge < -0.3 is 22.7 Å². The fraction of sp³-hybridized carbons (Fsp3) is 0.417. The number of hydrogen-bond donors (Lipinski definition) is 1. The summed E-state index contributed by atoms with van der Waals surface area (Å²) >= 11 is 0. The summed E-state index contributed by atoms with van der Waals surface area (Å²) in [4.78, 5) is 17.2. The van der Waals surface area contributed by atoms with Gasteiger partial charge in [0.05, 0.1) is 0 Å². The molecule has 1 saturated heterocycles. The van der Waals surface area contributed by atoms with Crippen LogP contribution in [0.4, 0.5) is 0 Å². The number of piperidine rings is 1. The van der Waals surface area contributed by atoms with E-state index >= 15 is 0 Å². The molecule has 0 aromatic heterocycles. The average molecular weight is 301 g/mol. The van der Waals surface area contributed by atoms with E-state index in [1.807, 2.05) is 30.3 Å². The molecule has 2 rings (SSSR count). The summed E-state index contributed by atoms with van der Waals surface area (Å²) in [6.07, 6.45) is 1.83. The van der Waals surface area contributed by atoms with Gasteiger partial charge in [-0.15, -0.1) is 0 Å². The Morgan fingerprint density at radius 3 is 2.76 bits per heavy atom. The van der Waals surface area contributed by atoms with Gasteiger partial charge in [-0.1, -0.05) is 30.3 Å². The average Bonchev–Trinajstić information content (AvgIpc) is 2.32. The quantitative estimate of drug-likeness (QED) is 0.663. The van der Waals surface area contributed by atoms with Crippen molar-refractivity contribution in [2.45, 2.75) is 25.5 Å². The van der Waals surface area contributed by atoms with Crippen LogP contribution in [0.2, 0.25) is 0 Å². The second kappa shape index (κ2) is 6.74. The molecule has 1 heterocycles. The van der Waals surface area contributed by atoms with Gasteiger partial charge in [0, 0.05) is 13.0 Å². The third-order valence-corrected chi connectivity index (χ3v) is 2.74. The second-order valence-corrected chi connectivity index (χ2v) is 4.04. The van der Waals surface area contributed by atoms with Crippen molar-refractivity contribution in [2.75, 3.05) is 6.54 Å². The molecule has 0 spiro atoms. The monoisotopic (exact) mass is 300 g/mol. The van der Waals surface area contributed by atoms with Crippen molar-refractivity contribution in [3.8, 4) is 0 Å². The number of carbonyl (C=O) groups is 1. The lowest BCUT2D eigenvalue weighted by atomic mass is 10.1. The summed E-state index contributed by atoms with van der Waals surface area (Å²) in [5.74, 6) is 0.00202. The number of amides is 1. The van der Waals surface area contributed by atoms with Gasteiger partial charge in [-0.2, -0.15) is 0 Å². The first-order chi connectivity index (χ1) is 7.77. The molecule has 1 aliphatic heterocycles. The number of rotatable bonds is 3. The lowest BCUT2D eigenvalue weighted by Gasteiger charge is -2.27. The van der Waals surface area contributed by atoms with E-state index in [2.05, 4.69) is 5.73 Å². The predicted molar refractivity (Wildman–Crippen MR) is 58.9 cm³/mol. The standard InChI is InChI=1S/C12H16N2O2.BrH/c13-11-7-4-8-14(12(11)15)16-9-10-5-2-1-3-6-10;/h1-3,5-6,11H,4,7-9,13H2;1H/t11-;/m0./s1. The van der Waals surface area contributed by atoms with Crippen LogP contribution in [0.15, 0.2) is 30.3 Å². The normalized spacial score (nSPS) is 19.9. The zero-order valence-corrected chi connectivity index (χ0v) is 11.2. The van der Waals surface area contributed by atoms with Gasteiger partial charge in [-0.25, -0.2) is 5.06 Å². The summed E-state index contributed by atoms with van der Waals surface area (Å²) < 4.78 is 0. The van der Waals surface area contributed by atoms with Crippen molar-refractivity contribution in [3.05, 3.63) is 35.9 Å². The Kier molecular flexibility index (Phi) is 5.61. The highest BCUT2D eigenvalue weighted by Gasteiger charge is 2.29. The zero-order valence-electron chi connectivity index (χ0n) is 9.64. The van der Waals surface area contributed by atoms with E-state index in [0.717, 1.165) is 18.4 Å². The summed E-state index contributed by atoms with van der Waals surface area (Å²) in [5, 5.41) is 1.45. The van der Waals surface area contributed by atoms with Crippen LogP contribution >= 0.6 is 0 Å². The van der Waals surface area contributed by atoms with E-state index in [0.29, 0.717) is 13.2 Å². The second-order valence-electron chi connectivity index (χ2n) is 4.04. The number of nitrogens with zero attached hydrogens (tertiary/aromatic N) is 1. The first-order valence-electron chi connectivity index (χ1n) is 5.58. The zero-order chi connectivity index (χ0) is 11.4. The number of halogens is 1. The maximum Gasteiger partial charge on any atom is 0.304 e. The molecule has 1 amide bonds. The van der Waals surface area contributed by atoms with E-state index in [4.69, 9.17) is 4.84 Å². The molecule has 1 aromatic carbocycles. The van der Waals surface area contributed by atoms with Crippen molar-refractivity contribution >= 4 is 5.91 Å². The number of benzene rings is 1. The molecule has 5 heteroatoms. The molecule has 1 aromatic rings. The van der Waals surface area contributed by atoms with Gasteiger partial charge in [0.2, 0.25) is 0 Å². The van der Waals surface area contributed by atoms with Crippen LogP contribution in [-0.2, 0) is 16.2 Å². The minimum absolute atomic E-state index is 0. The number of hydrogen-bond acceptors (Lipinski definition) is 2. The lowest BCUT2D eigenvalue weighted by molar-refractivity contribution is -0.415. The Morgan fingerprint density at radius 1 is 1.35 bits per heavy atom. The summed E-state index contributed by atoms with van der Waals surface area (Å²) in [6.45, 7) is 1.12. The molecule has 0 saturated carbocycles. The molecule has 1 atom stereocenters. The van der Waals surface area contributed by atoms with E-state index < -0.39 is 0 Å². The first-order valence-corrected chi connectivity index (χ1v) is 5.58. The van der Waals surface area contributed by atoms with Gasteiger partial charge in [-0.05, 0) is 12.0 Å². The molecule has 1 aliphatic rings. The predicted octanol–water partition coefficient (Wildman–Crippen LogP) is -2.64. The SMILES string of the molecule is [Br-].[NH3+][C@H]1CCCN(OCc2ccccc2)C1=O. The van der Waals surface area contributed by atoms with E-state index in [-0.39, 0.29) is 28.9 Å². The Bertz CT molecular complexity index is 359. The minimum Gasteiger partial charge on any atom is -1.00 e. The third-order valence-electron chi connectivity index (χ3n) is 2.74. The Balaban J connectivity index is 0.00000144. The maximum atomic E-state index is 11.7. The molecule has 0 aliphatic carbocycles. The van der Waals surface area contributed by atoms with Gasteiger partial charge >= 0.3 is 5.91 Å². The molecule has 0 bridgehead atoms. The summed E-state index contributed by atoms with van der Waals surface area (Å²) in [6, 6.07) is 9.69. The smallest absolute Gasteiger partial charge is 0.304 e. The molecule has 3 N–H and O–H groups in total. The fourth-order valence-corrected chi connectivity index (χ4v) is 1.77. The number of hydroxylamine groups is 2. The fourth-order valence-electron chi connectivity index (χ4n) is 1.77. The van der Waals surface area contributed by atoms with Crippen LogP contribution in [0.5, 0.6) is 0 Å². The highest BCUT2D eigenvalue weighted by atomic mass is 79.9. The number of quaternary nitrogens is 1. The van der Waals surface area contributed by atoms with Crippen LogP contribution < -0.4 is 22.7 Å². The Morgan fingerprint density at radius 2 is 2.06 bits per heavy atom. The van der Waals surface area contributed by atoms with E-state index in [1.165, 1.54) is 5.06 Å². The lowest BCUT2D eigenvalue weighted by Crippen LogP contribution is -3.00. The minimum atomic E-state index is -0.149. The van der Waals surface area contributed by atoms with Crippen LogP contribution in [0.1, 0.15) is 18.4 Å². The van der Waals surface area contributed by atoms with Gasteiger partial charge in [0.1, 0.15) is 6.61 Å². The van der Waals surface area contributed by atoms with Gasteiger partial charge in [-0.3, -0.25) is 9.63 Å². The number of carbonyl (C=O) groups excluding carboxylic acids is 1. The van der Waals surface area contributed by atoms with Crippen molar-refractivity contribution in [1.29, 1.82) is 0 Å². The van der Waals surface area contributed by atoms with E-state index in [9.17, 15) is 4.79 Å². The summed E-state index contributed by atoms with van der Waals surface area (Å²) in [5.41, 5.74) is 4.88. The Hall–Kier alpha value is -0.910. The molecule has 1 fully saturated rings. The molecule has 0 unspecified atom stereocenters. The topological polar surface area (TPSA) is 57.2 Å². The summed E-state index contributed by atoms with van der Waals surface area (Å²) in [7, 11) is 0. The van der Waals surface area contributed by atoms with Crippen LogP contribution in [0.3, 0.4) is 0 Å². The molecule has 17 heavy (non-hydrogen) atoms. The van der Waals surface area contributed by atoms with Crippen molar-refractivity contribution < 1.29 is 32.3 Å². The maximum absolute atomic E-state index is 11.7.